The van der Waals surface area contributed by atoms with E-state index in [4.69, 9.17) is 0 Å². The zero-order chi connectivity index (χ0) is 21.7. The largest absolute Gasteiger partial charge is 0.256 e. The number of nitrogens with zero attached hydrogens (tertiary/aromatic N) is 2. The summed E-state index contributed by atoms with van der Waals surface area (Å²) in [6, 6.07) is 0. The van der Waals surface area contributed by atoms with Crippen LogP contribution in [-0.4, -0.2) is 4.57 Å². The third-order valence-electron chi connectivity index (χ3n) is 6.72. The van der Waals surface area contributed by atoms with Crippen LogP contribution in [0.3, 0.4) is 0 Å². The molecule has 1 aromatic rings. The Kier molecular flexibility index (Phi) is 18.3. The quantitative estimate of drug-likeness (QED) is 0.131. The van der Waals surface area contributed by atoms with Crippen molar-refractivity contribution >= 4 is 0 Å². The number of rotatable bonds is 22. The number of imidazole rings is 1. The molecule has 0 spiro atoms. The number of hydrogen-bond donors (Lipinski definition) is 0. The Morgan fingerprint density at radius 3 is 1.43 bits per heavy atom. The Morgan fingerprint density at radius 1 is 0.567 bits per heavy atom. The van der Waals surface area contributed by atoms with Crippen molar-refractivity contribution in [3.05, 3.63) is 18.2 Å². The summed E-state index contributed by atoms with van der Waals surface area (Å²) in [5, 5.41) is 0. The normalized spacial score (nSPS) is 11.4. The van der Waals surface area contributed by atoms with E-state index < -0.39 is 0 Å². The molecule has 0 aliphatic rings. The first-order chi connectivity index (χ1) is 14.8. The topological polar surface area (TPSA) is 8.81 Å². The zero-order valence-electron chi connectivity index (χ0n) is 21.1. The fourth-order valence-corrected chi connectivity index (χ4v) is 4.62. The highest BCUT2D eigenvalue weighted by molar-refractivity contribution is 4.84. The van der Waals surface area contributed by atoms with Gasteiger partial charge in [-0.2, -0.15) is 0 Å². The van der Waals surface area contributed by atoms with Gasteiger partial charge in [-0.15, -0.1) is 0 Å². The summed E-state index contributed by atoms with van der Waals surface area (Å²) in [5.74, 6) is 1.53. The molecule has 1 heterocycles. The molecule has 0 aliphatic carbocycles. The van der Waals surface area contributed by atoms with Crippen molar-refractivity contribution in [2.75, 3.05) is 0 Å². The maximum atomic E-state index is 2.52. The van der Waals surface area contributed by atoms with Gasteiger partial charge >= 0.3 is 0 Å². The Balaban J connectivity index is 1.99. The standard InChI is InChI=1S/C28H55N2/c1-4-6-8-10-12-13-14-15-16-17-18-20-22-24-28-29(3)26-27-30(28)25-23-21-19-11-9-7-5-2/h26-27H,4-25H2,1-3H3/q+1. The second kappa shape index (κ2) is 20.1. The molecule has 1 aromatic heterocycles. The molecule has 0 saturated carbocycles. The van der Waals surface area contributed by atoms with Gasteiger partial charge in [0.1, 0.15) is 12.4 Å². The summed E-state index contributed by atoms with van der Waals surface area (Å²) >= 11 is 0. The predicted octanol–water partition coefficient (Wildman–Crippen LogP) is 8.70. The molecule has 1 rings (SSSR count). The molecular weight excluding hydrogens is 364 g/mol. The van der Waals surface area contributed by atoms with Crippen molar-refractivity contribution in [3.8, 4) is 0 Å². The van der Waals surface area contributed by atoms with Crippen LogP contribution in [0, 0.1) is 0 Å². The van der Waals surface area contributed by atoms with Gasteiger partial charge in [0.2, 0.25) is 0 Å². The van der Waals surface area contributed by atoms with Gasteiger partial charge in [-0.05, 0) is 19.3 Å². The van der Waals surface area contributed by atoms with Crippen molar-refractivity contribution in [1.29, 1.82) is 0 Å². The molecule has 30 heavy (non-hydrogen) atoms. The maximum Gasteiger partial charge on any atom is 0.256 e. The fourth-order valence-electron chi connectivity index (χ4n) is 4.62. The smallest absolute Gasteiger partial charge is 0.237 e. The minimum Gasteiger partial charge on any atom is -0.237 e. The molecule has 0 bridgehead atoms. The van der Waals surface area contributed by atoms with E-state index in [1.165, 1.54) is 147 Å². The molecule has 2 heteroatoms. The van der Waals surface area contributed by atoms with Gasteiger partial charge in [0.05, 0.1) is 13.6 Å². The molecule has 0 radical (unpaired) electrons. The van der Waals surface area contributed by atoms with E-state index in [1.54, 1.807) is 0 Å². The van der Waals surface area contributed by atoms with E-state index >= 15 is 0 Å². The van der Waals surface area contributed by atoms with Crippen molar-refractivity contribution < 1.29 is 4.57 Å². The van der Waals surface area contributed by atoms with E-state index in [0.29, 0.717) is 0 Å². The van der Waals surface area contributed by atoms with Gasteiger partial charge in [0, 0.05) is 6.42 Å². The van der Waals surface area contributed by atoms with Crippen molar-refractivity contribution in [3.63, 3.8) is 0 Å². The van der Waals surface area contributed by atoms with Gasteiger partial charge in [-0.3, -0.25) is 0 Å². The highest BCUT2D eigenvalue weighted by Gasteiger charge is 2.13. The average molecular weight is 420 g/mol. The van der Waals surface area contributed by atoms with Crippen LogP contribution in [0.15, 0.2) is 12.4 Å². The number of aryl methyl sites for hydroxylation is 2. The zero-order valence-corrected chi connectivity index (χ0v) is 21.1. The first kappa shape index (κ1) is 27.2. The van der Waals surface area contributed by atoms with Crippen LogP contribution in [0.25, 0.3) is 0 Å². The lowest BCUT2D eigenvalue weighted by molar-refractivity contribution is -0.678. The summed E-state index contributed by atoms with van der Waals surface area (Å²) in [5.41, 5.74) is 0. The summed E-state index contributed by atoms with van der Waals surface area (Å²) in [4.78, 5) is 0. The molecule has 0 amide bonds. The summed E-state index contributed by atoms with van der Waals surface area (Å²) in [6.45, 7) is 5.81. The van der Waals surface area contributed by atoms with Crippen LogP contribution in [-0.2, 0) is 20.0 Å². The summed E-state index contributed by atoms with van der Waals surface area (Å²) < 4.78 is 4.87. The second-order valence-electron chi connectivity index (χ2n) is 9.63. The minimum absolute atomic E-state index is 1.21. The van der Waals surface area contributed by atoms with Crippen LogP contribution >= 0.6 is 0 Å². The van der Waals surface area contributed by atoms with Gasteiger partial charge < -0.3 is 0 Å². The number of hydrogen-bond acceptors (Lipinski definition) is 0. The van der Waals surface area contributed by atoms with E-state index in [2.05, 4.69) is 42.4 Å². The van der Waals surface area contributed by atoms with E-state index in [-0.39, 0.29) is 0 Å². The fraction of sp³-hybridized carbons (Fsp3) is 0.893. The molecule has 0 N–H and O–H groups in total. The lowest BCUT2D eigenvalue weighted by Gasteiger charge is -2.05. The molecule has 0 unspecified atom stereocenters. The number of aromatic nitrogens is 2. The Hall–Kier alpha value is -0.790. The van der Waals surface area contributed by atoms with Crippen LogP contribution in [0.2, 0.25) is 0 Å². The predicted molar refractivity (Wildman–Crippen MR) is 133 cm³/mol. The van der Waals surface area contributed by atoms with Crippen molar-refractivity contribution in [2.45, 2.75) is 155 Å². The van der Waals surface area contributed by atoms with Crippen LogP contribution < -0.4 is 4.57 Å². The first-order valence-corrected chi connectivity index (χ1v) is 13.8. The van der Waals surface area contributed by atoms with Crippen LogP contribution in [0.5, 0.6) is 0 Å². The molecule has 0 aromatic carbocycles. The van der Waals surface area contributed by atoms with Crippen molar-refractivity contribution in [1.82, 2.24) is 4.57 Å². The molecular formula is C28H55N2+. The third kappa shape index (κ3) is 14.3. The summed E-state index contributed by atoms with van der Waals surface area (Å²) in [6.07, 6.45) is 34.2. The molecule has 0 atom stereocenters. The van der Waals surface area contributed by atoms with Gasteiger partial charge in [0.25, 0.3) is 5.82 Å². The van der Waals surface area contributed by atoms with Crippen LogP contribution in [0.4, 0.5) is 0 Å². The monoisotopic (exact) mass is 419 g/mol. The first-order valence-electron chi connectivity index (χ1n) is 13.8. The Morgan fingerprint density at radius 2 is 0.967 bits per heavy atom. The molecule has 2 nitrogen and oxygen atoms in total. The van der Waals surface area contributed by atoms with Gasteiger partial charge in [0.15, 0.2) is 0 Å². The Labute approximate surface area is 189 Å². The Bertz CT molecular complexity index is 477. The highest BCUT2D eigenvalue weighted by Crippen LogP contribution is 2.14. The molecule has 176 valence electrons. The lowest BCUT2D eigenvalue weighted by atomic mass is 10.0. The SMILES string of the molecule is CCCCCCCCCCCCCCCc1n(CCCCCCCCC)cc[n+]1C. The average Bonchev–Trinajstić information content (AvgIpc) is 3.10. The van der Waals surface area contributed by atoms with E-state index in [9.17, 15) is 0 Å². The van der Waals surface area contributed by atoms with E-state index in [1.807, 2.05) is 0 Å². The highest BCUT2D eigenvalue weighted by atomic mass is 15.1. The molecule has 0 saturated heterocycles. The van der Waals surface area contributed by atoms with Crippen molar-refractivity contribution in [2.24, 2.45) is 7.05 Å². The van der Waals surface area contributed by atoms with E-state index in [0.717, 1.165) is 0 Å². The maximum absolute atomic E-state index is 2.52. The molecule has 0 fully saturated rings. The van der Waals surface area contributed by atoms with Crippen LogP contribution in [0.1, 0.15) is 148 Å². The lowest BCUT2D eigenvalue weighted by Crippen LogP contribution is -2.32. The summed E-state index contributed by atoms with van der Waals surface area (Å²) in [7, 11) is 2.22. The second-order valence-corrected chi connectivity index (χ2v) is 9.63. The third-order valence-corrected chi connectivity index (χ3v) is 6.72. The van der Waals surface area contributed by atoms with Gasteiger partial charge in [-0.25, -0.2) is 9.13 Å². The minimum atomic E-state index is 1.21. The van der Waals surface area contributed by atoms with Gasteiger partial charge in [-0.1, -0.05) is 123 Å². The number of unbranched alkanes of at least 4 members (excludes halogenated alkanes) is 18. The molecule has 0 aliphatic heterocycles.